The van der Waals surface area contributed by atoms with Gasteiger partial charge in [-0.25, -0.2) is 0 Å². The van der Waals surface area contributed by atoms with Gasteiger partial charge in [0, 0.05) is 17.1 Å². The summed E-state index contributed by atoms with van der Waals surface area (Å²) in [6.45, 7) is 0.916. The van der Waals surface area contributed by atoms with Crippen molar-refractivity contribution in [1.82, 2.24) is 10.6 Å². The number of rotatable bonds is 10. The third-order valence-electron chi connectivity index (χ3n) is 5.20. The maximum Gasteiger partial charge on any atom is 0.251 e. The number of benzene rings is 3. The second-order valence-electron chi connectivity index (χ2n) is 7.60. The Kier molecular flexibility index (Phi) is 8.84. The highest BCUT2D eigenvalue weighted by Gasteiger charge is 2.21. The lowest BCUT2D eigenvalue weighted by atomic mass is 10.0. The molecule has 3 rings (SSSR count). The summed E-state index contributed by atoms with van der Waals surface area (Å²) < 4.78 is 0. The Hall–Kier alpha value is -3.15. The summed E-state index contributed by atoms with van der Waals surface area (Å²) in [6, 6.07) is 24.0. The molecule has 0 radical (unpaired) electrons. The Morgan fingerprint density at radius 1 is 0.844 bits per heavy atom. The zero-order chi connectivity index (χ0) is 22.8. The number of hydrogen-bond donors (Lipinski definition) is 3. The largest absolute Gasteiger partial charge is 0.350 e. The van der Waals surface area contributed by atoms with E-state index in [-0.39, 0.29) is 11.8 Å². The van der Waals surface area contributed by atoms with Crippen molar-refractivity contribution in [2.75, 3.05) is 6.54 Å². The van der Waals surface area contributed by atoms with Gasteiger partial charge in [-0.15, -0.1) is 0 Å². The topological polar surface area (TPSA) is 84.2 Å². The average Bonchev–Trinajstić information content (AvgIpc) is 2.83. The van der Waals surface area contributed by atoms with Crippen molar-refractivity contribution < 1.29 is 9.59 Å². The zero-order valence-corrected chi connectivity index (χ0v) is 18.6. The first-order valence-electron chi connectivity index (χ1n) is 10.8. The van der Waals surface area contributed by atoms with E-state index in [1.165, 1.54) is 0 Å². The van der Waals surface area contributed by atoms with Crippen LogP contribution in [0.15, 0.2) is 78.9 Å². The van der Waals surface area contributed by atoms with Crippen molar-refractivity contribution >= 4 is 23.4 Å². The van der Waals surface area contributed by atoms with Gasteiger partial charge in [0.25, 0.3) is 5.91 Å². The van der Waals surface area contributed by atoms with Crippen LogP contribution in [-0.2, 0) is 11.3 Å². The maximum absolute atomic E-state index is 12.8. The number of amides is 2. The van der Waals surface area contributed by atoms with Gasteiger partial charge in [0.1, 0.15) is 6.04 Å². The van der Waals surface area contributed by atoms with Gasteiger partial charge in [0.05, 0.1) is 0 Å². The van der Waals surface area contributed by atoms with Crippen LogP contribution in [0.2, 0.25) is 5.02 Å². The molecule has 32 heavy (non-hydrogen) atoms. The van der Waals surface area contributed by atoms with Gasteiger partial charge in [0.15, 0.2) is 0 Å². The molecule has 3 aromatic carbocycles. The molecule has 0 aliphatic carbocycles. The SMILES string of the molecule is NCCCC[C@H](NC(=O)c1ccc(-c2ccccc2)cc1)C(=O)NCc1ccc(Cl)cc1. The molecule has 5 nitrogen and oxygen atoms in total. The van der Waals surface area contributed by atoms with Crippen molar-refractivity contribution in [3.63, 3.8) is 0 Å². The fourth-order valence-electron chi connectivity index (χ4n) is 3.36. The highest BCUT2D eigenvalue weighted by atomic mass is 35.5. The van der Waals surface area contributed by atoms with Gasteiger partial charge < -0.3 is 16.4 Å². The first-order valence-corrected chi connectivity index (χ1v) is 11.1. The summed E-state index contributed by atoms with van der Waals surface area (Å²) >= 11 is 5.91. The summed E-state index contributed by atoms with van der Waals surface area (Å²) in [4.78, 5) is 25.6. The summed E-state index contributed by atoms with van der Waals surface area (Å²) in [6.07, 6.45) is 2.07. The first kappa shape index (κ1) is 23.5. The molecule has 6 heteroatoms. The normalized spacial score (nSPS) is 11.6. The van der Waals surface area contributed by atoms with Gasteiger partial charge >= 0.3 is 0 Å². The van der Waals surface area contributed by atoms with E-state index >= 15 is 0 Å². The smallest absolute Gasteiger partial charge is 0.251 e. The third-order valence-corrected chi connectivity index (χ3v) is 5.45. The zero-order valence-electron chi connectivity index (χ0n) is 17.9. The lowest BCUT2D eigenvalue weighted by molar-refractivity contribution is -0.123. The predicted octanol–water partition coefficient (Wildman–Crippen LogP) is 4.55. The molecule has 0 heterocycles. The van der Waals surface area contributed by atoms with Crippen molar-refractivity contribution in [1.29, 1.82) is 0 Å². The van der Waals surface area contributed by atoms with Gasteiger partial charge in [-0.05, 0) is 66.8 Å². The minimum atomic E-state index is -0.629. The summed E-state index contributed by atoms with van der Waals surface area (Å²) in [5.41, 5.74) is 9.16. The number of unbranched alkanes of at least 4 members (excludes halogenated alkanes) is 1. The average molecular weight is 450 g/mol. The van der Waals surface area contributed by atoms with E-state index in [4.69, 9.17) is 17.3 Å². The van der Waals surface area contributed by atoms with Crippen LogP contribution >= 0.6 is 11.6 Å². The number of nitrogens with one attached hydrogen (secondary N) is 2. The summed E-state index contributed by atoms with van der Waals surface area (Å²) in [5.74, 6) is -0.491. The van der Waals surface area contributed by atoms with E-state index < -0.39 is 6.04 Å². The van der Waals surface area contributed by atoms with Crippen LogP contribution in [0.1, 0.15) is 35.2 Å². The van der Waals surface area contributed by atoms with Crippen molar-refractivity contribution in [2.45, 2.75) is 31.8 Å². The van der Waals surface area contributed by atoms with E-state index in [0.717, 1.165) is 29.5 Å². The summed E-state index contributed by atoms with van der Waals surface area (Å²) in [5, 5.41) is 6.43. The molecular formula is C26H28ClN3O2. The Labute approximate surface area is 194 Å². The van der Waals surface area contributed by atoms with E-state index in [0.29, 0.717) is 30.1 Å². The van der Waals surface area contributed by atoms with Crippen LogP contribution in [0.3, 0.4) is 0 Å². The van der Waals surface area contributed by atoms with Crippen molar-refractivity contribution in [3.05, 3.63) is 95.0 Å². The standard InChI is InChI=1S/C26H28ClN3O2/c27-23-15-9-19(10-16-23)18-29-26(32)24(8-4-5-17-28)30-25(31)22-13-11-21(12-14-22)20-6-2-1-3-7-20/h1-3,6-7,9-16,24H,4-5,8,17-18,28H2,(H,29,32)(H,30,31)/t24-/m0/s1. The Morgan fingerprint density at radius 3 is 2.16 bits per heavy atom. The second kappa shape index (κ2) is 12.0. The molecule has 0 saturated carbocycles. The molecule has 0 saturated heterocycles. The Bertz CT molecular complexity index is 1010. The monoisotopic (exact) mass is 449 g/mol. The van der Waals surface area contributed by atoms with Crippen LogP contribution < -0.4 is 16.4 Å². The molecule has 0 aliphatic heterocycles. The Balaban J connectivity index is 1.63. The molecule has 1 atom stereocenters. The van der Waals surface area contributed by atoms with E-state index in [1.807, 2.05) is 54.6 Å². The molecule has 166 valence electrons. The number of halogens is 1. The van der Waals surface area contributed by atoms with Crippen LogP contribution in [0.25, 0.3) is 11.1 Å². The molecule has 0 unspecified atom stereocenters. The van der Waals surface area contributed by atoms with E-state index in [9.17, 15) is 9.59 Å². The molecule has 4 N–H and O–H groups in total. The predicted molar refractivity (Wildman–Crippen MR) is 129 cm³/mol. The highest BCUT2D eigenvalue weighted by molar-refractivity contribution is 6.30. The Morgan fingerprint density at radius 2 is 1.50 bits per heavy atom. The molecule has 2 amide bonds. The third kappa shape index (κ3) is 6.94. The van der Waals surface area contributed by atoms with E-state index in [2.05, 4.69) is 10.6 Å². The van der Waals surface area contributed by atoms with Gasteiger partial charge in [-0.2, -0.15) is 0 Å². The molecule has 0 aromatic heterocycles. The fourth-order valence-corrected chi connectivity index (χ4v) is 3.49. The fraction of sp³-hybridized carbons (Fsp3) is 0.231. The number of carbonyl (C=O) groups excluding carboxylic acids is 2. The minimum absolute atomic E-state index is 0.216. The molecule has 3 aromatic rings. The van der Waals surface area contributed by atoms with Crippen LogP contribution in [0, 0.1) is 0 Å². The molecule has 0 spiro atoms. The number of hydrogen-bond acceptors (Lipinski definition) is 3. The van der Waals surface area contributed by atoms with Gasteiger partial charge in [0.2, 0.25) is 5.91 Å². The van der Waals surface area contributed by atoms with E-state index in [1.54, 1.807) is 24.3 Å². The number of carbonyl (C=O) groups is 2. The maximum atomic E-state index is 12.8. The van der Waals surface area contributed by atoms with Gasteiger partial charge in [-0.3, -0.25) is 9.59 Å². The lowest BCUT2D eigenvalue weighted by Crippen LogP contribution is -2.46. The van der Waals surface area contributed by atoms with Crippen LogP contribution in [0.4, 0.5) is 0 Å². The van der Waals surface area contributed by atoms with Crippen LogP contribution in [-0.4, -0.2) is 24.4 Å². The molecule has 0 bridgehead atoms. The highest BCUT2D eigenvalue weighted by Crippen LogP contribution is 2.19. The minimum Gasteiger partial charge on any atom is -0.350 e. The van der Waals surface area contributed by atoms with Crippen molar-refractivity contribution in [3.8, 4) is 11.1 Å². The molecule has 0 aliphatic rings. The lowest BCUT2D eigenvalue weighted by Gasteiger charge is -2.19. The second-order valence-corrected chi connectivity index (χ2v) is 8.03. The summed E-state index contributed by atoms with van der Waals surface area (Å²) in [7, 11) is 0. The molecule has 0 fully saturated rings. The number of nitrogens with two attached hydrogens (primary N) is 1. The molecular weight excluding hydrogens is 422 g/mol. The van der Waals surface area contributed by atoms with Crippen molar-refractivity contribution in [2.24, 2.45) is 5.73 Å². The van der Waals surface area contributed by atoms with Gasteiger partial charge in [-0.1, -0.05) is 66.2 Å². The van der Waals surface area contributed by atoms with Crippen LogP contribution in [0.5, 0.6) is 0 Å². The first-order chi connectivity index (χ1) is 15.6. The quantitative estimate of drug-likeness (QED) is 0.397.